The number of rotatable bonds is 2. The van der Waals surface area contributed by atoms with E-state index in [0.717, 1.165) is 16.7 Å². The molecule has 1 aromatic carbocycles. The van der Waals surface area contributed by atoms with Crippen molar-refractivity contribution >= 4 is 17.0 Å². The first-order valence-electron chi connectivity index (χ1n) is 5.91. The molecule has 0 bridgehead atoms. The third-order valence-electron chi connectivity index (χ3n) is 3.27. The van der Waals surface area contributed by atoms with Gasteiger partial charge in [0, 0.05) is 11.6 Å². The van der Waals surface area contributed by atoms with Gasteiger partial charge in [0.05, 0.1) is 4.92 Å². The van der Waals surface area contributed by atoms with Gasteiger partial charge < -0.3 is 5.21 Å². The molecule has 1 aliphatic rings. The Labute approximate surface area is 115 Å². The van der Waals surface area contributed by atoms with Crippen LogP contribution in [0.15, 0.2) is 41.2 Å². The predicted octanol–water partition coefficient (Wildman–Crippen LogP) is 2.71. The van der Waals surface area contributed by atoms with E-state index in [1.165, 1.54) is 12.2 Å². The zero-order valence-corrected chi connectivity index (χ0v) is 11.0. The molecule has 0 spiro atoms. The number of benzene rings is 1. The van der Waals surface area contributed by atoms with Crippen molar-refractivity contribution in [2.75, 3.05) is 0 Å². The van der Waals surface area contributed by atoms with Gasteiger partial charge in [-0.15, -0.1) is 0 Å². The lowest BCUT2D eigenvalue weighted by atomic mass is 9.91. The molecule has 6 nitrogen and oxygen atoms in total. The van der Waals surface area contributed by atoms with Gasteiger partial charge in [-0.2, -0.15) is 0 Å². The highest BCUT2D eigenvalue weighted by Gasteiger charge is 2.29. The molecule has 20 heavy (non-hydrogen) atoms. The Balaban J connectivity index is 2.57. The normalized spacial score (nSPS) is 16.9. The van der Waals surface area contributed by atoms with Gasteiger partial charge in [0.15, 0.2) is 5.71 Å². The van der Waals surface area contributed by atoms with Crippen LogP contribution in [0.1, 0.15) is 16.7 Å². The number of nitro groups is 1. The second-order valence-corrected chi connectivity index (χ2v) is 4.51. The quantitative estimate of drug-likeness (QED) is 0.374. The van der Waals surface area contributed by atoms with E-state index in [2.05, 4.69) is 5.16 Å². The minimum absolute atomic E-state index is 0.0950. The Morgan fingerprint density at radius 1 is 1.25 bits per heavy atom. The highest BCUT2D eigenvalue weighted by atomic mass is 16.6. The molecule has 0 saturated carbocycles. The topological polar surface area (TPSA) is 99.6 Å². The molecule has 0 unspecified atom stereocenters. The number of hydrogen-bond acceptors (Lipinski definition) is 5. The number of oxime groups is 1. The standard InChI is InChI=1S/C14H13N3O3/c1-8-3-4-10(7-9(8)2)11-5-6-12(17(19)20)13(15)14(11)16-18/h3-7,15,18H,1-2H3/b15-13?,16-14-. The number of allylic oxidation sites excluding steroid dienone is 4. The van der Waals surface area contributed by atoms with Crippen molar-refractivity contribution in [1.82, 2.24) is 0 Å². The molecular formula is C14H13N3O3. The summed E-state index contributed by atoms with van der Waals surface area (Å²) < 4.78 is 0. The SMILES string of the molecule is Cc1ccc(C2=CC=C([N+](=O)[O-])C(=N)/C2=N\O)cc1C. The van der Waals surface area contributed by atoms with Crippen LogP contribution in [0, 0.1) is 29.4 Å². The summed E-state index contributed by atoms with van der Waals surface area (Å²) in [4.78, 5) is 10.1. The van der Waals surface area contributed by atoms with Crippen molar-refractivity contribution in [3.8, 4) is 0 Å². The van der Waals surface area contributed by atoms with E-state index < -0.39 is 10.6 Å². The molecule has 0 heterocycles. The fourth-order valence-electron chi connectivity index (χ4n) is 1.98. The van der Waals surface area contributed by atoms with Crippen molar-refractivity contribution in [1.29, 1.82) is 5.41 Å². The molecule has 0 saturated heterocycles. The van der Waals surface area contributed by atoms with Crippen molar-refractivity contribution in [3.63, 3.8) is 0 Å². The second kappa shape index (κ2) is 5.08. The molecule has 2 rings (SSSR count). The Hall–Kier alpha value is -2.76. The molecule has 1 aliphatic carbocycles. The Morgan fingerprint density at radius 2 is 1.95 bits per heavy atom. The largest absolute Gasteiger partial charge is 0.410 e. The summed E-state index contributed by atoms with van der Waals surface area (Å²) in [6.07, 6.45) is 2.75. The highest BCUT2D eigenvalue weighted by Crippen LogP contribution is 2.25. The van der Waals surface area contributed by atoms with Crippen molar-refractivity contribution in [2.24, 2.45) is 5.16 Å². The lowest BCUT2D eigenvalue weighted by Gasteiger charge is -2.14. The zero-order valence-electron chi connectivity index (χ0n) is 11.0. The first-order chi connectivity index (χ1) is 9.45. The molecule has 102 valence electrons. The minimum Gasteiger partial charge on any atom is -0.410 e. The van der Waals surface area contributed by atoms with Crippen molar-refractivity contribution < 1.29 is 10.1 Å². The maximum Gasteiger partial charge on any atom is 0.296 e. The van der Waals surface area contributed by atoms with Crippen LogP contribution in [0.2, 0.25) is 0 Å². The van der Waals surface area contributed by atoms with E-state index in [4.69, 9.17) is 10.6 Å². The number of aryl methyl sites for hydroxylation is 2. The smallest absolute Gasteiger partial charge is 0.296 e. The van der Waals surface area contributed by atoms with Gasteiger partial charge in [0.1, 0.15) is 5.71 Å². The minimum atomic E-state index is -0.665. The third kappa shape index (κ3) is 2.23. The lowest BCUT2D eigenvalue weighted by Crippen LogP contribution is -2.24. The van der Waals surface area contributed by atoms with Gasteiger partial charge in [-0.1, -0.05) is 23.4 Å². The molecule has 1 aromatic rings. The summed E-state index contributed by atoms with van der Waals surface area (Å²) in [5.41, 5.74) is 2.54. The molecule has 0 atom stereocenters. The van der Waals surface area contributed by atoms with Crippen molar-refractivity contribution in [3.05, 3.63) is 62.9 Å². The Bertz CT molecular complexity index is 700. The van der Waals surface area contributed by atoms with Crippen molar-refractivity contribution in [2.45, 2.75) is 13.8 Å². The van der Waals surface area contributed by atoms with Gasteiger partial charge in [0.25, 0.3) is 5.70 Å². The maximum atomic E-state index is 10.8. The van der Waals surface area contributed by atoms with Crippen LogP contribution in [-0.2, 0) is 0 Å². The van der Waals surface area contributed by atoms with Crippen LogP contribution in [0.3, 0.4) is 0 Å². The number of nitrogens with zero attached hydrogens (tertiary/aromatic N) is 2. The van der Waals surface area contributed by atoms with E-state index in [0.29, 0.717) is 5.57 Å². The fourth-order valence-corrected chi connectivity index (χ4v) is 1.98. The monoisotopic (exact) mass is 271 g/mol. The van der Waals surface area contributed by atoms with Crippen LogP contribution in [0.5, 0.6) is 0 Å². The Morgan fingerprint density at radius 3 is 2.50 bits per heavy atom. The van der Waals surface area contributed by atoms with E-state index in [1.807, 2.05) is 32.0 Å². The lowest BCUT2D eigenvalue weighted by molar-refractivity contribution is -0.414. The second-order valence-electron chi connectivity index (χ2n) is 4.51. The van der Waals surface area contributed by atoms with Gasteiger partial charge in [-0.25, -0.2) is 0 Å². The summed E-state index contributed by atoms with van der Waals surface area (Å²) in [6.45, 7) is 3.92. The van der Waals surface area contributed by atoms with E-state index in [9.17, 15) is 10.1 Å². The molecule has 2 N–H and O–H groups in total. The average molecular weight is 271 g/mol. The van der Waals surface area contributed by atoms with Crippen LogP contribution in [0.25, 0.3) is 5.57 Å². The van der Waals surface area contributed by atoms with E-state index in [-0.39, 0.29) is 11.4 Å². The zero-order chi connectivity index (χ0) is 14.9. The molecule has 0 aliphatic heterocycles. The van der Waals surface area contributed by atoms with E-state index >= 15 is 0 Å². The van der Waals surface area contributed by atoms with Gasteiger partial charge >= 0.3 is 0 Å². The predicted molar refractivity (Wildman–Crippen MR) is 75.9 cm³/mol. The fraction of sp³-hybridized carbons (Fsp3) is 0.143. The molecule has 0 radical (unpaired) electrons. The van der Waals surface area contributed by atoms with Crippen LogP contribution >= 0.6 is 0 Å². The molecule has 0 fully saturated rings. The summed E-state index contributed by atoms with van der Waals surface area (Å²) >= 11 is 0. The summed E-state index contributed by atoms with van der Waals surface area (Å²) in [5, 5.41) is 30.7. The van der Waals surface area contributed by atoms with Crippen LogP contribution in [0.4, 0.5) is 0 Å². The number of nitrogens with one attached hydrogen (secondary N) is 1. The molecule has 6 heteroatoms. The highest BCUT2D eigenvalue weighted by molar-refractivity contribution is 6.61. The maximum absolute atomic E-state index is 10.8. The summed E-state index contributed by atoms with van der Waals surface area (Å²) in [7, 11) is 0. The first kappa shape index (κ1) is 13.7. The molecular weight excluding hydrogens is 258 g/mol. The van der Waals surface area contributed by atoms with E-state index in [1.54, 1.807) is 0 Å². The average Bonchev–Trinajstić information content (AvgIpc) is 2.41. The summed E-state index contributed by atoms with van der Waals surface area (Å²) in [5.74, 6) is 0. The first-order valence-corrected chi connectivity index (χ1v) is 5.91. The summed E-state index contributed by atoms with van der Waals surface area (Å²) in [6, 6.07) is 5.64. The number of hydrogen-bond donors (Lipinski definition) is 2. The van der Waals surface area contributed by atoms with Gasteiger partial charge in [-0.3, -0.25) is 15.5 Å². The Kier molecular flexibility index (Phi) is 3.47. The molecule has 0 aromatic heterocycles. The van der Waals surface area contributed by atoms with Gasteiger partial charge in [-0.05, 0) is 36.6 Å². The van der Waals surface area contributed by atoms with Crippen LogP contribution in [-0.4, -0.2) is 21.6 Å². The molecule has 0 amide bonds. The third-order valence-corrected chi connectivity index (χ3v) is 3.27. The van der Waals surface area contributed by atoms with Crippen LogP contribution < -0.4 is 0 Å². The van der Waals surface area contributed by atoms with Gasteiger partial charge in [0.2, 0.25) is 0 Å².